The van der Waals surface area contributed by atoms with Gasteiger partial charge in [-0.2, -0.15) is 4.98 Å². The largest absolute Gasteiger partial charge is 0.372 e. The van der Waals surface area contributed by atoms with Gasteiger partial charge in [0.15, 0.2) is 5.82 Å². The fourth-order valence-corrected chi connectivity index (χ4v) is 3.29. The second-order valence-corrected chi connectivity index (χ2v) is 7.05. The molecule has 4 rings (SSSR count). The normalized spacial score (nSPS) is 21.9. The van der Waals surface area contributed by atoms with E-state index in [1.54, 1.807) is 0 Å². The maximum absolute atomic E-state index is 6.09. The summed E-state index contributed by atoms with van der Waals surface area (Å²) in [6.07, 6.45) is 6.18. The first-order valence-corrected chi connectivity index (χ1v) is 9.04. The van der Waals surface area contributed by atoms with E-state index < -0.39 is 0 Å². The minimum absolute atomic E-state index is 0.285. The van der Waals surface area contributed by atoms with Gasteiger partial charge in [0.25, 0.3) is 0 Å². The molecule has 0 radical (unpaired) electrons. The van der Waals surface area contributed by atoms with E-state index in [1.165, 1.54) is 18.4 Å². The summed E-state index contributed by atoms with van der Waals surface area (Å²) in [6, 6.07) is 10.4. The van der Waals surface area contributed by atoms with E-state index in [2.05, 4.69) is 39.3 Å². The first kappa shape index (κ1) is 15.8. The Morgan fingerprint density at radius 1 is 1.17 bits per heavy atom. The van der Waals surface area contributed by atoms with E-state index >= 15 is 0 Å². The first-order valence-electron chi connectivity index (χ1n) is 9.04. The van der Waals surface area contributed by atoms with Crippen LogP contribution in [0.2, 0.25) is 0 Å². The molecule has 2 fully saturated rings. The van der Waals surface area contributed by atoms with Crippen LogP contribution in [0.4, 0.5) is 0 Å². The Hall–Kier alpha value is -1.72. The molecule has 1 aromatic heterocycles. The summed E-state index contributed by atoms with van der Waals surface area (Å²) in [5.74, 6) is 2.41. The van der Waals surface area contributed by atoms with E-state index in [0.717, 1.165) is 56.5 Å². The number of hydrogen-bond donors (Lipinski definition) is 0. The predicted octanol–water partition coefficient (Wildman–Crippen LogP) is 3.20. The fraction of sp³-hybridized carbons (Fsp3) is 0.579. The number of nitrogens with zero attached hydrogens (tertiary/aromatic N) is 3. The van der Waals surface area contributed by atoms with Crippen molar-refractivity contribution in [3.05, 3.63) is 47.6 Å². The van der Waals surface area contributed by atoms with Crippen molar-refractivity contribution < 1.29 is 9.26 Å². The van der Waals surface area contributed by atoms with Crippen LogP contribution in [-0.4, -0.2) is 34.2 Å². The van der Waals surface area contributed by atoms with Gasteiger partial charge in [-0.15, -0.1) is 0 Å². The van der Waals surface area contributed by atoms with Crippen LogP contribution in [0.3, 0.4) is 0 Å². The van der Waals surface area contributed by atoms with E-state index in [0.29, 0.717) is 6.61 Å². The van der Waals surface area contributed by atoms with Crippen molar-refractivity contribution in [2.45, 2.75) is 51.4 Å². The van der Waals surface area contributed by atoms with Crippen molar-refractivity contribution in [2.24, 2.45) is 5.92 Å². The molecule has 128 valence electrons. The number of hydrogen-bond acceptors (Lipinski definition) is 5. The molecule has 5 heteroatoms. The molecule has 0 spiro atoms. The minimum atomic E-state index is 0.285. The minimum Gasteiger partial charge on any atom is -0.372 e. The van der Waals surface area contributed by atoms with Crippen LogP contribution >= 0.6 is 0 Å². The van der Waals surface area contributed by atoms with E-state index in [-0.39, 0.29) is 6.10 Å². The lowest BCUT2D eigenvalue weighted by atomic mass is 10.1. The van der Waals surface area contributed by atoms with Crippen LogP contribution < -0.4 is 0 Å². The maximum atomic E-state index is 6.09. The fourth-order valence-electron chi connectivity index (χ4n) is 3.29. The number of aromatic nitrogens is 2. The van der Waals surface area contributed by atoms with Crippen LogP contribution in [0.5, 0.6) is 0 Å². The zero-order valence-corrected chi connectivity index (χ0v) is 14.1. The van der Waals surface area contributed by atoms with Crippen LogP contribution in [0.15, 0.2) is 34.9 Å². The van der Waals surface area contributed by atoms with E-state index in [4.69, 9.17) is 9.26 Å². The average molecular weight is 327 g/mol. The number of benzene rings is 1. The van der Waals surface area contributed by atoms with Crippen molar-refractivity contribution in [3.8, 4) is 0 Å². The molecular weight excluding hydrogens is 302 g/mol. The topological polar surface area (TPSA) is 51.4 Å². The summed E-state index contributed by atoms with van der Waals surface area (Å²) in [5.41, 5.74) is 1.23. The lowest BCUT2D eigenvalue weighted by Crippen LogP contribution is -2.39. The summed E-state index contributed by atoms with van der Waals surface area (Å²) in [7, 11) is 0. The maximum Gasteiger partial charge on any atom is 0.240 e. The summed E-state index contributed by atoms with van der Waals surface area (Å²) in [5, 5.41) is 4.11. The second kappa shape index (κ2) is 7.45. The molecule has 0 bridgehead atoms. The zero-order chi connectivity index (χ0) is 16.2. The lowest BCUT2D eigenvalue weighted by molar-refractivity contribution is -0.0141. The van der Waals surface area contributed by atoms with Crippen molar-refractivity contribution in [2.75, 3.05) is 13.1 Å². The average Bonchev–Trinajstić information content (AvgIpc) is 3.32. The van der Waals surface area contributed by atoms with Gasteiger partial charge < -0.3 is 9.26 Å². The smallest absolute Gasteiger partial charge is 0.240 e. The highest BCUT2D eigenvalue weighted by Crippen LogP contribution is 2.31. The van der Waals surface area contributed by atoms with Crippen LogP contribution in [0.25, 0.3) is 0 Å². The summed E-state index contributed by atoms with van der Waals surface area (Å²) in [4.78, 5) is 6.91. The number of piperidine rings is 1. The van der Waals surface area contributed by atoms with Gasteiger partial charge in [0.2, 0.25) is 5.89 Å². The Labute approximate surface area is 143 Å². The molecule has 2 aromatic rings. The lowest BCUT2D eigenvalue weighted by Gasteiger charge is -2.31. The van der Waals surface area contributed by atoms with Crippen molar-refractivity contribution in [3.63, 3.8) is 0 Å². The molecule has 1 aliphatic heterocycles. The van der Waals surface area contributed by atoms with Gasteiger partial charge in [0.05, 0.1) is 19.3 Å². The molecule has 24 heavy (non-hydrogen) atoms. The molecule has 1 aliphatic carbocycles. The van der Waals surface area contributed by atoms with Crippen molar-refractivity contribution >= 4 is 0 Å². The van der Waals surface area contributed by atoms with Crippen LogP contribution in [0, 0.1) is 5.92 Å². The quantitative estimate of drug-likeness (QED) is 0.781. The predicted molar refractivity (Wildman–Crippen MR) is 90.3 cm³/mol. The summed E-state index contributed by atoms with van der Waals surface area (Å²) in [6.45, 7) is 3.44. The molecule has 2 aliphatic rings. The SMILES string of the molecule is c1ccc(CO[C@H]2CCCN(Cc3nc(CC4CC4)no3)C2)cc1. The van der Waals surface area contributed by atoms with Gasteiger partial charge in [0.1, 0.15) is 0 Å². The summed E-state index contributed by atoms with van der Waals surface area (Å²) >= 11 is 0. The molecule has 0 unspecified atom stereocenters. The van der Waals surface area contributed by atoms with Gasteiger partial charge in [0, 0.05) is 13.0 Å². The van der Waals surface area contributed by atoms with E-state index in [9.17, 15) is 0 Å². The Morgan fingerprint density at radius 3 is 2.88 bits per heavy atom. The standard InChI is InChI=1S/C19H25N3O2/c1-2-5-16(6-3-1)14-23-17-7-4-10-22(12-17)13-19-20-18(21-24-19)11-15-8-9-15/h1-3,5-6,15,17H,4,7-14H2/t17-/m0/s1. The first-order chi connectivity index (χ1) is 11.8. The van der Waals surface area contributed by atoms with E-state index in [1.807, 2.05) is 6.07 Å². The Balaban J connectivity index is 1.25. The molecule has 1 saturated heterocycles. The van der Waals surface area contributed by atoms with Gasteiger partial charge >= 0.3 is 0 Å². The van der Waals surface area contributed by atoms with Crippen LogP contribution in [0.1, 0.15) is 43.0 Å². The van der Waals surface area contributed by atoms with Crippen molar-refractivity contribution in [1.29, 1.82) is 0 Å². The highest BCUT2D eigenvalue weighted by atomic mass is 16.5. The molecule has 1 atom stereocenters. The molecule has 5 nitrogen and oxygen atoms in total. The number of ether oxygens (including phenoxy) is 1. The zero-order valence-electron chi connectivity index (χ0n) is 14.1. The highest BCUT2D eigenvalue weighted by molar-refractivity contribution is 5.13. The third-order valence-electron chi connectivity index (χ3n) is 4.83. The second-order valence-electron chi connectivity index (χ2n) is 7.05. The third kappa shape index (κ3) is 4.42. The Morgan fingerprint density at radius 2 is 2.04 bits per heavy atom. The van der Waals surface area contributed by atoms with Gasteiger partial charge in [-0.1, -0.05) is 35.5 Å². The monoisotopic (exact) mass is 327 g/mol. The highest BCUT2D eigenvalue weighted by Gasteiger charge is 2.25. The number of rotatable bonds is 7. The van der Waals surface area contributed by atoms with Gasteiger partial charge in [-0.05, 0) is 43.7 Å². The van der Waals surface area contributed by atoms with Gasteiger partial charge in [-0.3, -0.25) is 4.90 Å². The van der Waals surface area contributed by atoms with Crippen LogP contribution in [-0.2, 0) is 24.3 Å². The molecular formula is C19H25N3O2. The molecule has 2 heterocycles. The summed E-state index contributed by atoms with van der Waals surface area (Å²) < 4.78 is 11.5. The third-order valence-corrected chi connectivity index (χ3v) is 4.83. The Bertz CT molecular complexity index is 639. The molecule has 0 amide bonds. The van der Waals surface area contributed by atoms with Crippen molar-refractivity contribution in [1.82, 2.24) is 15.0 Å². The molecule has 1 saturated carbocycles. The molecule has 0 N–H and O–H groups in total. The Kier molecular flexibility index (Phi) is 4.90. The molecule has 1 aromatic carbocycles. The number of likely N-dealkylation sites (tertiary alicyclic amines) is 1. The van der Waals surface area contributed by atoms with Gasteiger partial charge in [-0.25, -0.2) is 0 Å².